The summed E-state index contributed by atoms with van der Waals surface area (Å²) in [5.74, 6) is 0. The molecule has 0 aliphatic heterocycles. The minimum absolute atomic E-state index is 0.308. The summed E-state index contributed by atoms with van der Waals surface area (Å²) in [5.41, 5.74) is 9.24. The lowest BCUT2D eigenvalue weighted by Gasteiger charge is -2.20. The van der Waals surface area contributed by atoms with Crippen LogP contribution in [0, 0.1) is 6.92 Å². The quantitative estimate of drug-likeness (QED) is 0.907. The van der Waals surface area contributed by atoms with Crippen LogP contribution >= 0.6 is 15.9 Å². The van der Waals surface area contributed by atoms with Gasteiger partial charge in [0, 0.05) is 10.5 Å². The van der Waals surface area contributed by atoms with Crippen LogP contribution in [0.1, 0.15) is 22.8 Å². The smallest absolute Gasteiger partial charge is 0.0944 e. The third kappa shape index (κ3) is 3.66. The number of rotatable bonds is 4. The monoisotopic (exact) mass is 319 g/mol. The van der Waals surface area contributed by atoms with Gasteiger partial charge in [0.1, 0.15) is 0 Å². The molecule has 3 heteroatoms. The van der Waals surface area contributed by atoms with Crippen LogP contribution in [-0.2, 0) is 6.42 Å². The van der Waals surface area contributed by atoms with E-state index in [2.05, 4.69) is 15.9 Å². The minimum atomic E-state index is -0.655. The van der Waals surface area contributed by atoms with Crippen molar-refractivity contribution < 1.29 is 5.11 Å². The zero-order chi connectivity index (χ0) is 13.8. The maximum absolute atomic E-state index is 10.3. The Morgan fingerprint density at radius 1 is 1.16 bits per heavy atom. The highest BCUT2D eigenvalue weighted by Gasteiger charge is 2.17. The van der Waals surface area contributed by atoms with Crippen LogP contribution in [0.4, 0.5) is 0 Å². The van der Waals surface area contributed by atoms with Gasteiger partial charge in [0.2, 0.25) is 0 Å². The minimum Gasteiger partial charge on any atom is -0.387 e. The fourth-order valence-electron chi connectivity index (χ4n) is 2.04. The van der Waals surface area contributed by atoms with Crippen LogP contribution in [0.2, 0.25) is 0 Å². The predicted octanol–water partition coefficient (Wildman–Crippen LogP) is 3.36. The average Bonchev–Trinajstić information content (AvgIpc) is 2.42. The molecule has 2 atom stereocenters. The van der Waals surface area contributed by atoms with Crippen molar-refractivity contribution in [1.29, 1.82) is 0 Å². The van der Waals surface area contributed by atoms with Crippen LogP contribution in [0.3, 0.4) is 0 Å². The molecule has 100 valence electrons. The molecule has 0 amide bonds. The molecule has 0 aliphatic carbocycles. The van der Waals surface area contributed by atoms with E-state index in [1.54, 1.807) is 0 Å². The largest absolute Gasteiger partial charge is 0.387 e. The summed E-state index contributed by atoms with van der Waals surface area (Å²) in [4.78, 5) is 0. The van der Waals surface area contributed by atoms with E-state index in [1.165, 1.54) is 0 Å². The number of hydrogen-bond acceptors (Lipinski definition) is 2. The second kappa shape index (κ2) is 6.33. The van der Waals surface area contributed by atoms with Gasteiger partial charge in [-0.1, -0.05) is 58.4 Å². The molecule has 0 radical (unpaired) electrons. The summed E-state index contributed by atoms with van der Waals surface area (Å²) in [6, 6.07) is 15.5. The maximum Gasteiger partial charge on any atom is 0.0944 e. The summed E-state index contributed by atoms with van der Waals surface area (Å²) in [6.45, 7) is 2.02. The highest BCUT2D eigenvalue weighted by Crippen LogP contribution is 2.24. The molecule has 0 spiro atoms. The van der Waals surface area contributed by atoms with Crippen LogP contribution < -0.4 is 5.73 Å². The Labute approximate surface area is 122 Å². The topological polar surface area (TPSA) is 46.2 Å². The average molecular weight is 320 g/mol. The Morgan fingerprint density at radius 3 is 2.47 bits per heavy atom. The maximum atomic E-state index is 10.3. The Hall–Kier alpha value is -1.16. The summed E-state index contributed by atoms with van der Waals surface area (Å²) in [5, 5.41) is 10.3. The first-order valence-electron chi connectivity index (χ1n) is 6.31. The molecule has 0 saturated heterocycles. The van der Waals surface area contributed by atoms with E-state index in [4.69, 9.17) is 5.73 Å². The van der Waals surface area contributed by atoms with Crippen LogP contribution in [0.5, 0.6) is 0 Å². The van der Waals surface area contributed by atoms with Gasteiger partial charge in [0.15, 0.2) is 0 Å². The van der Waals surface area contributed by atoms with E-state index in [0.29, 0.717) is 6.42 Å². The number of aliphatic hydroxyl groups excluding tert-OH is 1. The summed E-state index contributed by atoms with van der Waals surface area (Å²) in [6.07, 6.45) is 0.00476. The number of aryl methyl sites for hydroxylation is 1. The summed E-state index contributed by atoms with van der Waals surface area (Å²) in [7, 11) is 0. The van der Waals surface area contributed by atoms with E-state index < -0.39 is 6.10 Å². The molecule has 2 aromatic carbocycles. The molecule has 2 nitrogen and oxygen atoms in total. The normalized spacial score (nSPS) is 14.1. The van der Waals surface area contributed by atoms with Gasteiger partial charge in [0.05, 0.1) is 6.10 Å². The summed E-state index contributed by atoms with van der Waals surface area (Å²) >= 11 is 3.48. The van der Waals surface area contributed by atoms with Crippen molar-refractivity contribution in [2.24, 2.45) is 5.73 Å². The Kier molecular flexibility index (Phi) is 4.75. The first-order chi connectivity index (χ1) is 9.08. The van der Waals surface area contributed by atoms with Crippen molar-refractivity contribution >= 4 is 15.9 Å². The van der Waals surface area contributed by atoms with Crippen molar-refractivity contribution in [3.05, 3.63) is 69.7 Å². The van der Waals surface area contributed by atoms with E-state index in [9.17, 15) is 5.11 Å². The van der Waals surface area contributed by atoms with E-state index in [-0.39, 0.29) is 6.04 Å². The van der Waals surface area contributed by atoms with Gasteiger partial charge in [-0.25, -0.2) is 0 Å². The molecule has 0 aromatic heterocycles. The van der Waals surface area contributed by atoms with E-state index in [0.717, 1.165) is 21.2 Å². The fraction of sp³-hybridized carbons (Fsp3) is 0.250. The second-order valence-electron chi connectivity index (χ2n) is 4.81. The lowest BCUT2D eigenvalue weighted by molar-refractivity contribution is 0.146. The molecule has 0 bridgehead atoms. The van der Waals surface area contributed by atoms with Crippen molar-refractivity contribution in [1.82, 2.24) is 0 Å². The van der Waals surface area contributed by atoms with E-state index in [1.807, 2.05) is 55.5 Å². The second-order valence-corrected chi connectivity index (χ2v) is 5.66. The molecule has 2 unspecified atom stereocenters. The highest BCUT2D eigenvalue weighted by atomic mass is 79.9. The molecule has 2 aromatic rings. The van der Waals surface area contributed by atoms with Gasteiger partial charge in [-0.05, 0) is 36.1 Å². The lowest BCUT2D eigenvalue weighted by Crippen LogP contribution is -2.30. The van der Waals surface area contributed by atoms with Gasteiger partial charge >= 0.3 is 0 Å². The van der Waals surface area contributed by atoms with Gasteiger partial charge < -0.3 is 10.8 Å². The lowest BCUT2D eigenvalue weighted by atomic mass is 9.96. The number of nitrogens with two attached hydrogens (primary N) is 1. The third-order valence-corrected chi connectivity index (χ3v) is 4.11. The van der Waals surface area contributed by atoms with Crippen molar-refractivity contribution in [2.75, 3.05) is 0 Å². The molecule has 3 N–H and O–H groups in total. The van der Waals surface area contributed by atoms with Crippen molar-refractivity contribution in [2.45, 2.75) is 25.5 Å². The molecular formula is C16H18BrNO. The third-order valence-electron chi connectivity index (χ3n) is 3.26. The molecule has 0 saturated carbocycles. The molecular weight excluding hydrogens is 302 g/mol. The SMILES string of the molecule is Cc1ccc(C(O)C(N)Cc2ccccc2)cc1Br. The standard InChI is InChI=1S/C16H18BrNO/c1-11-7-8-13(10-14(11)17)16(19)15(18)9-12-5-3-2-4-6-12/h2-8,10,15-16,19H,9,18H2,1H3. The number of hydrogen-bond donors (Lipinski definition) is 2. The predicted molar refractivity (Wildman–Crippen MR) is 82.0 cm³/mol. The number of aliphatic hydroxyl groups is 1. The van der Waals surface area contributed by atoms with Gasteiger partial charge in [0.25, 0.3) is 0 Å². The molecule has 2 rings (SSSR count). The number of benzene rings is 2. The molecule has 0 aliphatic rings. The first-order valence-corrected chi connectivity index (χ1v) is 7.11. The molecule has 0 heterocycles. The first kappa shape index (κ1) is 14.3. The van der Waals surface area contributed by atoms with Crippen molar-refractivity contribution in [3.63, 3.8) is 0 Å². The Balaban J connectivity index is 2.10. The Morgan fingerprint density at radius 2 is 1.84 bits per heavy atom. The summed E-state index contributed by atoms with van der Waals surface area (Å²) < 4.78 is 0.996. The van der Waals surface area contributed by atoms with Gasteiger partial charge in [-0.15, -0.1) is 0 Å². The Bertz CT molecular complexity index is 542. The highest BCUT2D eigenvalue weighted by molar-refractivity contribution is 9.10. The van der Waals surface area contributed by atoms with Crippen molar-refractivity contribution in [3.8, 4) is 0 Å². The van der Waals surface area contributed by atoms with E-state index >= 15 is 0 Å². The van der Waals surface area contributed by atoms with Crippen LogP contribution in [0.25, 0.3) is 0 Å². The fourth-order valence-corrected chi connectivity index (χ4v) is 2.43. The molecule has 0 fully saturated rings. The zero-order valence-electron chi connectivity index (χ0n) is 10.9. The number of halogens is 1. The van der Waals surface area contributed by atoms with Gasteiger partial charge in [-0.2, -0.15) is 0 Å². The van der Waals surface area contributed by atoms with Crippen LogP contribution in [-0.4, -0.2) is 11.1 Å². The molecule has 19 heavy (non-hydrogen) atoms. The zero-order valence-corrected chi connectivity index (χ0v) is 12.5. The van der Waals surface area contributed by atoms with Crippen LogP contribution in [0.15, 0.2) is 53.0 Å². The van der Waals surface area contributed by atoms with Gasteiger partial charge in [-0.3, -0.25) is 0 Å².